The Bertz CT molecular complexity index is 381. The summed E-state index contributed by atoms with van der Waals surface area (Å²) in [7, 11) is 0. The van der Waals surface area contributed by atoms with E-state index < -0.39 is 0 Å². The van der Waals surface area contributed by atoms with E-state index in [9.17, 15) is 0 Å². The second-order valence-electron chi connectivity index (χ2n) is 5.79. The van der Waals surface area contributed by atoms with E-state index in [2.05, 4.69) is 96.4 Å². The second kappa shape index (κ2) is 16.3. The number of allylic oxidation sites excluding steroid dienone is 8. The average molecular weight is 393 g/mol. The molecule has 2 aliphatic rings. The van der Waals surface area contributed by atoms with Crippen LogP contribution >= 0.6 is 24.8 Å². The third kappa shape index (κ3) is 15.4. The summed E-state index contributed by atoms with van der Waals surface area (Å²) in [6, 6.07) is 0. The summed E-state index contributed by atoms with van der Waals surface area (Å²) in [6.45, 7) is 13.3. The van der Waals surface area contributed by atoms with Crippen LogP contribution in [0.25, 0.3) is 0 Å². The van der Waals surface area contributed by atoms with E-state index in [4.69, 9.17) is 0 Å². The molecule has 0 saturated heterocycles. The molecule has 0 aromatic rings. The number of hydrogen-bond acceptors (Lipinski definition) is 0. The zero-order valence-corrected chi connectivity index (χ0v) is 18.9. The second-order valence-corrected chi connectivity index (χ2v) is 12.5. The molecule has 0 unspecified atom stereocenters. The van der Waals surface area contributed by atoms with E-state index in [1.807, 2.05) is 0 Å². The van der Waals surface area contributed by atoms with Crippen LogP contribution in [0.3, 0.4) is 0 Å². The van der Waals surface area contributed by atoms with Crippen LogP contribution in [0, 0.1) is 24.0 Å². The minimum atomic E-state index is 0. The van der Waals surface area contributed by atoms with Gasteiger partial charge in [0.05, 0.1) is 0 Å². The molecule has 4 heteroatoms. The average Bonchev–Trinajstić information content (AvgIpc) is 3.03. The van der Waals surface area contributed by atoms with Gasteiger partial charge in [0.1, 0.15) is 0 Å². The molecule has 0 aromatic carbocycles. The Balaban J connectivity index is -0.000000249. The van der Waals surface area contributed by atoms with Crippen molar-refractivity contribution in [3.05, 3.63) is 47.6 Å². The monoisotopic (exact) mass is 392 g/mol. The summed E-state index contributed by atoms with van der Waals surface area (Å²) in [5, 5.41) is 0. The molecule has 0 spiro atoms. The van der Waals surface area contributed by atoms with Gasteiger partial charge in [-0.25, -0.2) is 23.3 Å². The van der Waals surface area contributed by atoms with E-state index in [0.717, 1.165) is 12.8 Å². The van der Waals surface area contributed by atoms with Crippen molar-refractivity contribution in [3.8, 4) is 0 Å². The largest absolute Gasteiger partial charge is 0.147 e. The summed E-state index contributed by atoms with van der Waals surface area (Å²) < 4.78 is 0. The number of rotatable bonds is 2. The number of hydrogen-bond donors (Lipinski definition) is 0. The molecule has 0 nitrogen and oxygen atoms in total. The molecule has 22 heavy (non-hydrogen) atoms. The quantitative estimate of drug-likeness (QED) is 0.382. The van der Waals surface area contributed by atoms with E-state index in [-0.39, 0.29) is 31.0 Å². The Kier molecular flexibility index (Phi) is 20.3. The van der Waals surface area contributed by atoms with Crippen LogP contribution in [0.1, 0.15) is 40.5 Å². The third-order valence-corrected chi connectivity index (χ3v) is 2.69. The Morgan fingerprint density at radius 2 is 1.14 bits per heavy atom. The van der Waals surface area contributed by atoms with Gasteiger partial charge in [-0.15, -0.1) is 37.7 Å². The van der Waals surface area contributed by atoms with Gasteiger partial charge in [-0.2, -0.15) is 12.2 Å². The van der Waals surface area contributed by atoms with Gasteiger partial charge in [0, 0.05) is 0 Å². The SMILES string of the molecule is CC(C)C1=[C-]CC=C1.CC(C)C1=[C-]CC=C1.C[Si](C)=[Ti+2].Cl.Cl. The Labute approximate surface area is 162 Å². The molecule has 0 N–H and O–H groups in total. The van der Waals surface area contributed by atoms with E-state index in [1.54, 1.807) is 0 Å². The third-order valence-electron chi connectivity index (χ3n) is 2.69. The first-order valence-electron chi connectivity index (χ1n) is 7.40. The predicted molar refractivity (Wildman–Crippen MR) is 103 cm³/mol. The summed E-state index contributed by atoms with van der Waals surface area (Å²) in [5.41, 5.74) is 2.73. The van der Waals surface area contributed by atoms with Crippen molar-refractivity contribution in [2.75, 3.05) is 0 Å². The van der Waals surface area contributed by atoms with Gasteiger partial charge in [0.2, 0.25) is 0 Å². The zero-order valence-electron chi connectivity index (χ0n) is 14.7. The minimum absolute atomic E-state index is 0. The molecule has 0 atom stereocenters. The first-order chi connectivity index (χ1) is 9.34. The van der Waals surface area contributed by atoms with Crippen molar-refractivity contribution in [3.63, 3.8) is 0 Å². The molecule has 124 valence electrons. The van der Waals surface area contributed by atoms with Gasteiger partial charge < -0.3 is 0 Å². The fraction of sp³-hybridized carbons (Fsp3) is 0.556. The molecule has 0 bridgehead atoms. The minimum Gasteiger partial charge on any atom is -0.147 e. The summed E-state index contributed by atoms with van der Waals surface area (Å²) >= 11 is 2.27. The van der Waals surface area contributed by atoms with Gasteiger partial charge in [-0.1, -0.05) is 39.5 Å². The summed E-state index contributed by atoms with van der Waals surface area (Å²) in [4.78, 5) is 0. The van der Waals surface area contributed by atoms with Crippen molar-refractivity contribution in [1.82, 2.24) is 0 Å². The van der Waals surface area contributed by atoms with E-state index >= 15 is 0 Å². The molecule has 0 amide bonds. The van der Waals surface area contributed by atoms with E-state index in [1.165, 1.54) is 11.1 Å². The van der Waals surface area contributed by atoms with Crippen molar-refractivity contribution in [1.29, 1.82) is 0 Å². The number of halogens is 2. The predicted octanol–water partition coefficient (Wildman–Crippen LogP) is 6.29. The molecule has 0 aliphatic heterocycles. The molecule has 0 saturated carbocycles. The van der Waals surface area contributed by atoms with Crippen LogP contribution < -0.4 is 0 Å². The van der Waals surface area contributed by atoms with Crippen molar-refractivity contribution >= 4 is 31.0 Å². The Morgan fingerprint density at radius 1 is 0.864 bits per heavy atom. The van der Waals surface area contributed by atoms with Crippen LogP contribution in [0.15, 0.2) is 35.5 Å². The van der Waals surface area contributed by atoms with Gasteiger partial charge in [-0.05, 0) is 0 Å². The van der Waals surface area contributed by atoms with Crippen LogP contribution in [-0.2, 0) is 19.2 Å². The Hall–Kier alpha value is 0.471. The van der Waals surface area contributed by atoms with Crippen LogP contribution in [-0.4, -0.2) is 6.19 Å². The molecule has 0 fully saturated rings. The topological polar surface area (TPSA) is 0 Å². The molecular weight excluding hydrogens is 363 g/mol. The molecule has 0 radical (unpaired) electrons. The van der Waals surface area contributed by atoms with Crippen molar-refractivity contribution in [2.45, 2.75) is 53.6 Å². The van der Waals surface area contributed by atoms with Crippen LogP contribution in [0.5, 0.6) is 0 Å². The first kappa shape index (κ1) is 27.3. The van der Waals surface area contributed by atoms with Crippen molar-refractivity contribution < 1.29 is 19.2 Å². The van der Waals surface area contributed by atoms with Crippen LogP contribution in [0.4, 0.5) is 0 Å². The molecular formula is C18H30Cl2SiTi. The molecule has 0 aromatic heterocycles. The standard InChI is InChI=1S/2C8H11.C2H6Si.2ClH.Ti/c2*1-7(2)8-5-3-4-6-8;1-3-2;;;/h2*3,5,7H,4H2,1-2H3;1-2H3;2*1H;/q2*-1;;;;+2. The molecule has 0 heterocycles. The van der Waals surface area contributed by atoms with Gasteiger partial charge in [-0.3, -0.25) is 12.2 Å². The fourth-order valence-corrected chi connectivity index (χ4v) is 1.64. The molecule has 2 aliphatic carbocycles. The maximum Gasteiger partial charge on any atom is -0.147 e. The van der Waals surface area contributed by atoms with Gasteiger partial charge >= 0.3 is 38.5 Å². The summed E-state index contributed by atoms with van der Waals surface area (Å²) in [5.74, 6) is 1.32. The Morgan fingerprint density at radius 3 is 1.23 bits per heavy atom. The summed E-state index contributed by atoms with van der Waals surface area (Å²) in [6.07, 6.45) is 17.3. The maximum absolute atomic E-state index is 3.26. The van der Waals surface area contributed by atoms with Crippen LogP contribution in [0.2, 0.25) is 13.1 Å². The molecule has 2 rings (SSSR count). The smallest absolute Gasteiger partial charge is 0.147 e. The zero-order chi connectivity index (χ0) is 15.5. The van der Waals surface area contributed by atoms with E-state index in [0.29, 0.717) is 11.8 Å². The van der Waals surface area contributed by atoms with Gasteiger partial charge in [0.15, 0.2) is 0 Å². The fourth-order valence-electron chi connectivity index (χ4n) is 1.64. The normalized spacial score (nSPS) is 14.1. The van der Waals surface area contributed by atoms with Gasteiger partial charge in [0.25, 0.3) is 0 Å². The first-order valence-corrected chi connectivity index (χ1v) is 12.2. The maximum atomic E-state index is 3.26. The van der Waals surface area contributed by atoms with Crippen molar-refractivity contribution in [2.24, 2.45) is 11.8 Å².